The zero-order chi connectivity index (χ0) is 17.9. The fourth-order valence-corrected chi connectivity index (χ4v) is 2.35. The molecule has 0 saturated carbocycles. The van der Waals surface area contributed by atoms with Crippen LogP contribution >= 0.6 is 0 Å². The van der Waals surface area contributed by atoms with Gasteiger partial charge in [0, 0.05) is 6.20 Å². The Morgan fingerprint density at radius 3 is 2.79 bits per heavy atom. The van der Waals surface area contributed by atoms with E-state index in [1.807, 2.05) is 6.92 Å². The second-order valence-corrected chi connectivity index (χ2v) is 5.65. The van der Waals surface area contributed by atoms with Gasteiger partial charge in [-0.1, -0.05) is 13.3 Å². The lowest BCUT2D eigenvalue weighted by molar-refractivity contribution is -0.0517. The maximum Gasteiger partial charge on any atom is 0.409 e. The van der Waals surface area contributed by atoms with Gasteiger partial charge in [-0.15, -0.1) is 0 Å². The number of halogens is 1. The van der Waals surface area contributed by atoms with Crippen LogP contribution in [0.5, 0.6) is 0 Å². The van der Waals surface area contributed by atoms with Gasteiger partial charge in [0.05, 0.1) is 12.7 Å². The smallest absolute Gasteiger partial charge is 0.409 e. The first-order valence-corrected chi connectivity index (χ1v) is 7.76. The highest BCUT2D eigenvalue weighted by atomic mass is 19.1. The molecule has 0 aromatic heterocycles. The number of aliphatic hydroxyl groups is 2. The molecule has 2 aliphatic heterocycles. The number of rotatable bonds is 5. The molecule has 0 aromatic rings. The fraction of sp³-hybridized carbons (Fsp3) is 0.714. The highest BCUT2D eigenvalue weighted by Crippen LogP contribution is 2.26. The summed E-state index contributed by atoms with van der Waals surface area (Å²) in [5.74, 6) is -0.869. The van der Waals surface area contributed by atoms with Crippen molar-refractivity contribution in [3.8, 4) is 0 Å². The van der Waals surface area contributed by atoms with Crippen molar-refractivity contribution in [2.75, 3.05) is 6.61 Å². The molecule has 4 N–H and O–H groups in total. The molecule has 9 nitrogen and oxygen atoms in total. The summed E-state index contributed by atoms with van der Waals surface area (Å²) in [5.41, 5.74) is 0. The first-order valence-electron chi connectivity index (χ1n) is 7.76. The van der Waals surface area contributed by atoms with Crippen molar-refractivity contribution >= 4 is 12.1 Å². The molecule has 0 spiro atoms. The lowest BCUT2D eigenvalue weighted by atomic mass is 10.1. The number of urea groups is 1. The van der Waals surface area contributed by atoms with Crippen molar-refractivity contribution in [1.82, 2.24) is 15.5 Å². The van der Waals surface area contributed by atoms with E-state index in [1.54, 1.807) is 0 Å². The Morgan fingerprint density at radius 2 is 2.21 bits per heavy atom. The van der Waals surface area contributed by atoms with Gasteiger partial charge in [0.2, 0.25) is 0 Å². The van der Waals surface area contributed by atoms with E-state index in [-0.39, 0.29) is 6.61 Å². The fourth-order valence-electron chi connectivity index (χ4n) is 2.35. The molecule has 5 atom stereocenters. The number of alkyl carbamates (subject to hydrolysis) is 1. The zero-order valence-corrected chi connectivity index (χ0v) is 13.4. The molecule has 24 heavy (non-hydrogen) atoms. The van der Waals surface area contributed by atoms with Crippen LogP contribution in [0, 0.1) is 0 Å². The normalized spacial score (nSPS) is 33.0. The topological polar surface area (TPSA) is 120 Å². The molecule has 1 unspecified atom stereocenters. The van der Waals surface area contributed by atoms with Gasteiger partial charge in [-0.05, 0) is 13.3 Å². The summed E-state index contributed by atoms with van der Waals surface area (Å²) in [7, 11) is 0. The summed E-state index contributed by atoms with van der Waals surface area (Å²) in [6.45, 7) is 3.64. The van der Waals surface area contributed by atoms with E-state index in [9.17, 15) is 24.2 Å². The highest BCUT2D eigenvalue weighted by Gasteiger charge is 2.46. The molecule has 0 aliphatic carbocycles. The van der Waals surface area contributed by atoms with Crippen LogP contribution in [0.1, 0.15) is 26.7 Å². The van der Waals surface area contributed by atoms with Gasteiger partial charge in [0.25, 0.3) is 0 Å². The SMILES string of the molecule is CCCCOC(=O)NC1NC(=O)N([C@@H]2O[C@H](C)[C@@H](O)[C@H]2O)C=C1F. The van der Waals surface area contributed by atoms with Crippen LogP contribution in [0.2, 0.25) is 0 Å². The molecule has 10 heteroatoms. The van der Waals surface area contributed by atoms with Gasteiger partial charge in [0.15, 0.2) is 18.2 Å². The minimum Gasteiger partial charge on any atom is -0.450 e. The summed E-state index contributed by atoms with van der Waals surface area (Å²) in [6.07, 6.45) is -4.40. The lowest BCUT2D eigenvalue weighted by Gasteiger charge is -2.33. The van der Waals surface area contributed by atoms with E-state index in [2.05, 4.69) is 10.6 Å². The van der Waals surface area contributed by atoms with Crippen LogP contribution in [0.4, 0.5) is 14.0 Å². The van der Waals surface area contributed by atoms with E-state index < -0.39 is 48.7 Å². The Kier molecular flexibility index (Phi) is 5.97. The van der Waals surface area contributed by atoms with Crippen molar-refractivity contribution in [1.29, 1.82) is 0 Å². The summed E-state index contributed by atoms with van der Waals surface area (Å²) >= 11 is 0. The zero-order valence-electron chi connectivity index (χ0n) is 13.4. The van der Waals surface area contributed by atoms with Gasteiger partial charge in [-0.2, -0.15) is 0 Å². The molecule has 1 fully saturated rings. The van der Waals surface area contributed by atoms with Crippen molar-refractivity contribution in [2.45, 2.75) is 57.4 Å². The standard InChI is InChI=1S/C14H22FN3O6/c1-3-4-5-23-14(22)17-11-8(15)6-18(13(21)16-11)12-10(20)9(19)7(2)24-12/h6-7,9-12,19-20H,3-5H2,1-2H3,(H,16,21)(H,17,22)/t7-,9-,10-,11?,12-/m1/s1. The molecule has 136 valence electrons. The van der Waals surface area contributed by atoms with Crippen LogP contribution in [0.3, 0.4) is 0 Å². The van der Waals surface area contributed by atoms with Crippen LogP contribution in [-0.2, 0) is 9.47 Å². The number of carbonyl (C=O) groups is 2. The van der Waals surface area contributed by atoms with Crippen molar-refractivity contribution in [3.05, 3.63) is 12.0 Å². The molecule has 0 radical (unpaired) electrons. The summed E-state index contributed by atoms with van der Waals surface area (Å²) in [4.78, 5) is 24.4. The van der Waals surface area contributed by atoms with E-state index in [4.69, 9.17) is 9.47 Å². The Bertz CT molecular complexity index is 517. The molecular weight excluding hydrogens is 325 g/mol. The molecule has 0 aromatic carbocycles. The number of hydrogen-bond donors (Lipinski definition) is 4. The highest BCUT2D eigenvalue weighted by molar-refractivity contribution is 5.79. The van der Waals surface area contributed by atoms with Gasteiger partial charge in [-0.3, -0.25) is 10.2 Å². The number of hydrogen-bond acceptors (Lipinski definition) is 6. The molecule has 3 amide bonds. The lowest BCUT2D eigenvalue weighted by Crippen LogP contribution is -2.58. The Labute approximate surface area is 138 Å². The third-order valence-electron chi connectivity index (χ3n) is 3.79. The van der Waals surface area contributed by atoms with Crippen LogP contribution in [-0.4, -0.2) is 64.5 Å². The Hall–Kier alpha value is -1.91. The Balaban J connectivity index is 1.99. The minimum absolute atomic E-state index is 0.193. The van der Waals surface area contributed by atoms with Crippen LogP contribution < -0.4 is 10.6 Å². The summed E-state index contributed by atoms with van der Waals surface area (Å²) < 4.78 is 24.2. The van der Waals surface area contributed by atoms with Crippen molar-refractivity contribution in [3.63, 3.8) is 0 Å². The van der Waals surface area contributed by atoms with Crippen LogP contribution in [0.15, 0.2) is 12.0 Å². The monoisotopic (exact) mass is 347 g/mol. The molecule has 2 heterocycles. The maximum atomic E-state index is 14.1. The quantitative estimate of drug-likeness (QED) is 0.525. The molecular formula is C14H22FN3O6. The largest absolute Gasteiger partial charge is 0.450 e. The first kappa shape index (κ1) is 18.4. The predicted octanol–water partition coefficient (Wildman–Crippen LogP) is 0.141. The minimum atomic E-state index is -1.38. The molecule has 1 saturated heterocycles. The molecule has 0 bridgehead atoms. The second-order valence-electron chi connectivity index (χ2n) is 5.65. The molecule has 2 aliphatic rings. The number of carbonyl (C=O) groups excluding carboxylic acids is 2. The maximum absolute atomic E-state index is 14.1. The molecule has 2 rings (SSSR count). The van der Waals surface area contributed by atoms with Gasteiger partial charge in [0.1, 0.15) is 12.2 Å². The predicted molar refractivity (Wildman–Crippen MR) is 79.1 cm³/mol. The van der Waals surface area contributed by atoms with E-state index in [1.165, 1.54) is 6.92 Å². The van der Waals surface area contributed by atoms with E-state index >= 15 is 0 Å². The van der Waals surface area contributed by atoms with Crippen LogP contribution in [0.25, 0.3) is 0 Å². The summed E-state index contributed by atoms with van der Waals surface area (Å²) in [6, 6.07) is -0.791. The number of nitrogens with one attached hydrogen (secondary N) is 2. The van der Waals surface area contributed by atoms with E-state index in [0.717, 1.165) is 17.5 Å². The first-order chi connectivity index (χ1) is 11.3. The summed E-state index contributed by atoms with van der Waals surface area (Å²) in [5, 5.41) is 24.0. The number of nitrogens with zero attached hydrogens (tertiary/aromatic N) is 1. The third-order valence-corrected chi connectivity index (χ3v) is 3.79. The van der Waals surface area contributed by atoms with Crippen molar-refractivity contribution in [2.24, 2.45) is 0 Å². The van der Waals surface area contributed by atoms with Crippen molar-refractivity contribution < 1.29 is 33.7 Å². The second kappa shape index (κ2) is 7.77. The Morgan fingerprint density at radius 1 is 1.50 bits per heavy atom. The number of amides is 3. The number of unbranched alkanes of at least 4 members (excludes halogenated alkanes) is 1. The average Bonchev–Trinajstić information content (AvgIpc) is 2.78. The third kappa shape index (κ3) is 3.94. The van der Waals surface area contributed by atoms with Gasteiger partial charge >= 0.3 is 12.1 Å². The average molecular weight is 347 g/mol. The number of ether oxygens (including phenoxy) is 2. The number of aliphatic hydroxyl groups excluding tert-OH is 2. The van der Waals surface area contributed by atoms with Gasteiger partial charge < -0.3 is 25.0 Å². The van der Waals surface area contributed by atoms with Gasteiger partial charge in [-0.25, -0.2) is 14.0 Å². The van der Waals surface area contributed by atoms with E-state index in [0.29, 0.717) is 6.42 Å².